The molecule has 5 rings (SSSR count). The van der Waals surface area contributed by atoms with Crippen LogP contribution in [0.25, 0.3) is 11.4 Å². The number of aromatic nitrogens is 2. The number of thioether (sulfide) groups is 1. The molecule has 5 nitrogen and oxygen atoms in total. The Morgan fingerprint density at radius 2 is 1.81 bits per heavy atom. The van der Waals surface area contributed by atoms with Crippen LogP contribution in [0.2, 0.25) is 0 Å². The van der Waals surface area contributed by atoms with Crippen molar-refractivity contribution in [1.82, 2.24) is 9.97 Å². The Kier molecular flexibility index (Phi) is 5.54. The summed E-state index contributed by atoms with van der Waals surface area (Å²) in [6.45, 7) is 3.04. The lowest BCUT2D eigenvalue weighted by molar-refractivity contribution is 0.122. The van der Waals surface area contributed by atoms with Gasteiger partial charge in [0.2, 0.25) is 0 Å². The van der Waals surface area contributed by atoms with Crippen LogP contribution in [0.15, 0.2) is 59.5 Å². The summed E-state index contributed by atoms with van der Waals surface area (Å²) in [4.78, 5) is 13.1. The Balaban J connectivity index is 1.53. The van der Waals surface area contributed by atoms with E-state index in [1.165, 1.54) is 6.07 Å². The monoisotopic (exact) mass is 436 g/mol. The second-order valence-corrected chi connectivity index (χ2v) is 9.37. The van der Waals surface area contributed by atoms with E-state index in [0.29, 0.717) is 13.2 Å². The summed E-state index contributed by atoms with van der Waals surface area (Å²) in [5, 5.41) is 3.15. The van der Waals surface area contributed by atoms with E-state index in [4.69, 9.17) is 14.7 Å². The molecule has 2 aromatic carbocycles. The average molecular weight is 437 g/mol. The van der Waals surface area contributed by atoms with Crippen molar-refractivity contribution in [1.29, 1.82) is 0 Å². The van der Waals surface area contributed by atoms with Crippen LogP contribution in [0.3, 0.4) is 0 Å². The van der Waals surface area contributed by atoms with Gasteiger partial charge in [-0.05, 0) is 55.3 Å². The highest BCUT2D eigenvalue weighted by atomic mass is 32.2. The van der Waals surface area contributed by atoms with Crippen LogP contribution in [0, 0.1) is 5.82 Å². The minimum atomic E-state index is -0.206. The zero-order chi connectivity index (χ0) is 21.3. The highest BCUT2D eigenvalue weighted by molar-refractivity contribution is 8.00. The lowest BCUT2D eigenvalue weighted by atomic mass is 10.1. The molecule has 1 saturated heterocycles. The third-order valence-electron chi connectivity index (χ3n) is 5.76. The standard InChI is InChI=1S/C24H25FN4OS/c1-26-19-7-5-17(6-8-19)23-27-21(16-22(28-23)29-11-13-30-14-12-29)24(9-10-24)31-20-4-2-3-18(25)15-20/h2-8,15-16,26H,9-14H2,1H3. The van der Waals surface area contributed by atoms with Crippen molar-refractivity contribution in [3.63, 3.8) is 0 Å². The van der Waals surface area contributed by atoms with Crippen molar-refractivity contribution in [3.8, 4) is 11.4 Å². The maximum Gasteiger partial charge on any atom is 0.161 e. The Hall–Kier alpha value is -2.64. The van der Waals surface area contributed by atoms with Crippen LogP contribution >= 0.6 is 11.8 Å². The van der Waals surface area contributed by atoms with Gasteiger partial charge in [0.25, 0.3) is 0 Å². The van der Waals surface area contributed by atoms with Gasteiger partial charge in [-0.3, -0.25) is 0 Å². The van der Waals surface area contributed by atoms with Crippen LogP contribution < -0.4 is 10.2 Å². The molecule has 1 aliphatic heterocycles. The summed E-state index contributed by atoms with van der Waals surface area (Å²) in [6, 6.07) is 17.1. The summed E-state index contributed by atoms with van der Waals surface area (Å²) in [5.74, 6) is 1.46. The maximum atomic E-state index is 13.8. The van der Waals surface area contributed by atoms with Crippen LogP contribution in [0.4, 0.5) is 15.9 Å². The van der Waals surface area contributed by atoms with Crippen molar-refractivity contribution in [2.75, 3.05) is 43.6 Å². The van der Waals surface area contributed by atoms with Gasteiger partial charge in [0.05, 0.1) is 23.7 Å². The first-order valence-electron chi connectivity index (χ1n) is 10.6. The van der Waals surface area contributed by atoms with Gasteiger partial charge in [0.1, 0.15) is 11.6 Å². The first kappa shape index (κ1) is 20.3. The smallest absolute Gasteiger partial charge is 0.161 e. The van der Waals surface area contributed by atoms with E-state index in [1.54, 1.807) is 23.9 Å². The molecule has 0 bridgehead atoms. The Bertz CT molecular complexity index is 1070. The Morgan fingerprint density at radius 3 is 2.48 bits per heavy atom. The molecule has 160 valence electrons. The molecule has 1 N–H and O–H groups in total. The van der Waals surface area contributed by atoms with E-state index in [0.717, 1.165) is 59.4 Å². The molecule has 0 spiro atoms. The lowest BCUT2D eigenvalue weighted by Gasteiger charge is -2.29. The molecular weight excluding hydrogens is 411 g/mol. The fourth-order valence-electron chi connectivity index (χ4n) is 3.82. The topological polar surface area (TPSA) is 50.3 Å². The quantitative estimate of drug-likeness (QED) is 0.591. The summed E-state index contributed by atoms with van der Waals surface area (Å²) >= 11 is 1.71. The van der Waals surface area contributed by atoms with Crippen LogP contribution in [-0.4, -0.2) is 43.3 Å². The van der Waals surface area contributed by atoms with Gasteiger partial charge in [-0.25, -0.2) is 14.4 Å². The van der Waals surface area contributed by atoms with Gasteiger partial charge in [0, 0.05) is 42.3 Å². The molecule has 2 fully saturated rings. The van der Waals surface area contributed by atoms with E-state index in [9.17, 15) is 4.39 Å². The predicted molar refractivity (Wildman–Crippen MR) is 123 cm³/mol. The molecule has 0 amide bonds. The number of nitrogens with one attached hydrogen (secondary N) is 1. The molecule has 7 heteroatoms. The summed E-state index contributed by atoms with van der Waals surface area (Å²) in [6.07, 6.45) is 2.04. The molecule has 2 heterocycles. The maximum absolute atomic E-state index is 13.8. The Labute approximate surface area is 186 Å². The predicted octanol–water partition coefficient (Wildman–Crippen LogP) is 4.94. The number of hydrogen-bond donors (Lipinski definition) is 1. The zero-order valence-electron chi connectivity index (χ0n) is 17.5. The fourth-order valence-corrected chi connectivity index (χ4v) is 5.10. The zero-order valence-corrected chi connectivity index (χ0v) is 18.3. The summed E-state index contributed by atoms with van der Waals surface area (Å²) in [7, 11) is 1.91. The first-order valence-corrected chi connectivity index (χ1v) is 11.4. The largest absolute Gasteiger partial charge is 0.388 e. The fraction of sp³-hybridized carbons (Fsp3) is 0.333. The summed E-state index contributed by atoms with van der Waals surface area (Å²) in [5.41, 5.74) is 3.06. The van der Waals surface area contributed by atoms with E-state index in [1.807, 2.05) is 37.4 Å². The van der Waals surface area contributed by atoms with Gasteiger partial charge in [-0.2, -0.15) is 0 Å². The molecule has 0 unspecified atom stereocenters. The number of anilines is 2. The number of halogens is 1. The molecule has 1 saturated carbocycles. The minimum absolute atomic E-state index is 0.128. The number of benzene rings is 2. The van der Waals surface area contributed by atoms with Gasteiger partial charge in [-0.15, -0.1) is 11.8 Å². The lowest BCUT2D eigenvalue weighted by Crippen LogP contribution is -2.37. The van der Waals surface area contributed by atoms with Crippen molar-refractivity contribution in [2.45, 2.75) is 22.5 Å². The van der Waals surface area contributed by atoms with E-state index in [2.05, 4.69) is 16.3 Å². The number of ether oxygens (including phenoxy) is 1. The van der Waals surface area contributed by atoms with Crippen LogP contribution in [0.5, 0.6) is 0 Å². The van der Waals surface area contributed by atoms with Gasteiger partial charge in [0.15, 0.2) is 5.82 Å². The van der Waals surface area contributed by atoms with Crippen molar-refractivity contribution in [3.05, 3.63) is 66.1 Å². The van der Waals surface area contributed by atoms with Crippen molar-refractivity contribution in [2.24, 2.45) is 0 Å². The van der Waals surface area contributed by atoms with Crippen molar-refractivity contribution >= 4 is 23.3 Å². The third-order valence-corrected chi connectivity index (χ3v) is 7.26. The van der Waals surface area contributed by atoms with Gasteiger partial charge >= 0.3 is 0 Å². The molecule has 2 aliphatic rings. The number of hydrogen-bond acceptors (Lipinski definition) is 6. The van der Waals surface area contributed by atoms with Gasteiger partial charge in [-0.1, -0.05) is 6.07 Å². The minimum Gasteiger partial charge on any atom is -0.388 e. The van der Waals surface area contributed by atoms with Crippen LogP contribution in [-0.2, 0) is 9.48 Å². The summed E-state index contributed by atoms with van der Waals surface area (Å²) < 4.78 is 19.2. The van der Waals surface area contributed by atoms with E-state index < -0.39 is 0 Å². The normalized spacial score (nSPS) is 17.4. The molecule has 1 aliphatic carbocycles. The average Bonchev–Trinajstić information content (AvgIpc) is 3.60. The first-order chi connectivity index (χ1) is 15.1. The van der Waals surface area contributed by atoms with Gasteiger partial charge < -0.3 is 15.0 Å². The molecule has 1 aromatic heterocycles. The second kappa shape index (κ2) is 8.48. The highest BCUT2D eigenvalue weighted by Gasteiger charge is 2.47. The van der Waals surface area contributed by atoms with Crippen molar-refractivity contribution < 1.29 is 9.13 Å². The van der Waals surface area contributed by atoms with E-state index >= 15 is 0 Å². The third kappa shape index (κ3) is 4.38. The van der Waals surface area contributed by atoms with Crippen LogP contribution in [0.1, 0.15) is 18.5 Å². The molecule has 3 aromatic rings. The SMILES string of the molecule is CNc1ccc(-c2nc(N3CCOCC3)cc(C3(Sc4cccc(F)c4)CC3)n2)cc1. The number of nitrogens with zero attached hydrogens (tertiary/aromatic N) is 3. The molecule has 0 radical (unpaired) electrons. The molecule has 31 heavy (non-hydrogen) atoms. The highest BCUT2D eigenvalue weighted by Crippen LogP contribution is 2.59. The number of rotatable bonds is 6. The molecule has 0 atom stereocenters. The molecular formula is C24H25FN4OS. The van der Waals surface area contributed by atoms with E-state index in [-0.39, 0.29) is 10.6 Å². The second-order valence-electron chi connectivity index (χ2n) is 7.92. The Morgan fingerprint density at radius 1 is 1.03 bits per heavy atom. The number of morpholine rings is 1.